The number of hydrogen-bond donors (Lipinski definition) is 1. The first-order chi connectivity index (χ1) is 8.14. The van der Waals surface area contributed by atoms with Crippen molar-refractivity contribution in [3.05, 3.63) is 23.0 Å². The Morgan fingerprint density at radius 1 is 1.17 bits per heavy atom. The van der Waals surface area contributed by atoms with E-state index in [0.29, 0.717) is 5.69 Å². The predicted molar refractivity (Wildman–Crippen MR) is 71.5 cm³/mol. The van der Waals surface area contributed by atoms with Crippen molar-refractivity contribution in [3.8, 4) is 0 Å². The highest BCUT2D eigenvalue weighted by Crippen LogP contribution is 2.37. The van der Waals surface area contributed by atoms with Crippen LogP contribution in [0.2, 0.25) is 5.02 Å². The molecule has 0 spiro atoms. The van der Waals surface area contributed by atoms with Crippen LogP contribution in [0.5, 0.6) is 0 Å². The fourth-order valence-electron chi connectivity index (χ4n) is 1.77. The quantitative estimate of drug-likeness (QED) is 0.630. The predicted octanol–water partition coefficient (Wildman–Crippen LogP) is 2.36. The van der Waals surface area contributed by atoms with Crippen LogP contribution in [0.1, 0.15) is 27.7 Å². The Morgan fingerprint density at radius 2 is 1.67 bits per heavy atom. The Balaban J connectivity index is 2.41. The van der Waals surface area contributed by atoms with Crippen LogP contribution in [0.3, 0.4) is 0 Å². The second-order valence-corrected chi connectivity index (χ2v) is 5.90. The van der Waals surface area contributed by atoms with Gasteiger partial charge in [0.1, 0.15) is 5.82 Å². The minimum absolute atomic E-state index is 0.0280. The van der Waals surface area contributed by atoms with E-state index in [1.165, 1.54) is 12.1 Å². The van der Waals surface area contributed by atoms with Crippen molar-refractivity contribution < 1.29 is 13.7 Å². The second kappa shape index (κ2) is 4.12. The van der Waals surface area contributed by atoms with E-state index in [0.717, 1.165) is 0 Å². The van der Waals surface area contributed by atoms with Crippen LogP contribution in [0.25, 0.3) is 0 Å². The number of halogens is 2. The molecule has 18 heavy (non-hydrogen) atoms. The smallest absolute Gasteiger partial charge is 0.399 e. The molecule has 1 aromatic rings. The lowest BCUT2D eigenvalue weighted by atomic mass is 9.78. The number of hydrogen-bond acceptors (Lipinski definition) is 3. The van der Waals surface area contributed by atoms with E-state index in [1.807, 2.05) is 27.7 Å². The van der Waals surface area contributed by atoms with Crippen molar-refractivity contribution in [1.82, 2.24) is 0 Å². The standard InChI is InChI=1S/C12H16BClFNO2/c1-11(2)12(3,4)18-13(17-11)8-5-7(16)6-9(14)10(8)15/h5-6H,16H2,1-4H3. The highest BCUT2D eigenvalue weighted by molar-refractivity contribution is 6.62. The molecule has 1 aliphatic heterocycles. The molecule has 1 aromatic carbocycles. The van der Waals surface area contributed by atoms with Gasteiger partial charge in [-0.15, -0.1) is 0 Å². The monoisotopic (exact) mass is 271 g/mol. The summed E-state index contributed by atoms with van der Waals surface area (Å²) in [6.45, 7) is 7.61. The minimum atomic E-state index is -0.795. The zero-order chi connectivity index (χ0) is 13.7. The molecule has 6 heteroatoms. The SMILES string of the molecule is CC1(C)OB(c2cc(N)cc(Cl)c2F)OC1(C)C. The summed E-state index contributed by atoms with van der Waals surface area (Å²) in [5, 5.41) is -0.0280. The molecule has 0 saturated carbocycles. The molecule has 0 aromatic heterocycles. The molecule has 2 N–H and O–H groups in total. The number of anilines is 1. The molecule has 0 amide bonds. The first kappa shape index (κ1) is 13.7. The molecule has 1 fully saturated rings. The third-order valence-electron chi connectivity index (χ3n) is 3.59. The summed E-state index contributed by atoms with van der Waals surface area (Å²) >= 11 is 5.77. The number of benzene rings is 1. The Bertz CT molecular complexity index is 477. The zero-order valence-electron chi connectivity index (χ0n) is 10.9. The van der Waals surface area contributed by atoms with Gasteiger partial charge in [-0.05, 0) is 39.8 Å². The van der Waals surface area contributed by atoms with E-state index in [-0.39, 0.29) is 10.5 Å². The van der Waals surface area contributed by atoms with Crippen molar-refractivity contribution in [1.29, 1.82) is 0 Å². The lowest BCUT2D eigenvalue weighted by Gasteiger charge is -2.32. The van der Waals surface area contributed by atoms with E-state index in [2.05, 4.69) is 0 Å². The normalized spacial score (nSPS) is 21.3. The largest absolute Gasteiger partial charge is 0.497 e. The zero-order valence-corrected chi connectivity index (χ0v) is 11.6. The summed E-state index contributed by atoms with van der Waals surface area (Å²) in [6.07, 6.45) is 0. The van der Waals surface area contributed by atoms with Gasteiger partial charge in [0.2, 0.25) is 0 Å². The van der Waals surface area contributed by atoms with E-state index in [4.69, 9.17) is 26.6 Å². The second-order valence-electron chi connectivity index (χ2n) is 5.49. The Labute approximate surface area is 112 Å². The highest BCUT2D eigenvalue weighted by Gasteiger charge is 2.52. The summed E-state index contributed by atoms with van der Waals surface area (Å²) < 4.78 is 25.5. The molecule has 1 saturated heterocycles. The number of rotatable bonds is 1. The van der Waals surface area contributed by atoms with Crippen molar-refractivity contribution in [2.24, 2.45) is 0 Å². The van der Waals surface area contributed by atoms with Gasteiger partial charge in [-0.3, -0.25) is 0 Å². The highest BCUT2D eigenvalue weighted by atomic mass is 35.5. The third kappa shape index (κ3) is 2.11. The van der Waals surface area contributed by atoms with Crippen molar-refractivity contribution >= 4 is 29.9 Å². The van der Waals surface area contributed by atoms with Gasteiger partial charge < -0.3 is 15.0 Å². The molecule has 98 valence electrons. The molecule has 0 atom stereocenters. The average molecular weight is 272 g/mol. The van der Waals surface area contributed by atoms with Gasteiger partial charge in [0, 0.05) is 11.2 Å². The fraction of sp³-hybridized carbons (Fsp3) is 0.500. The van der Waals surface area contributed by atoms with Gasteiger partial charge in [0.15, 0.2) is 0 Å². The van der Waals surface area contributed by atoms with E-state index in [1.54, 1.807) is 0 Å². The topological polar surface area (TPSA) is 44.5 Å². The Hall–Kier alpha value is -0.775. The van der Waals surface area contributed by atoms with Gasteiger partial charge in [0.25, 0.3) is 0 Å². The lowest BCUT2D eigenvalue weighted by Crippen LogP contribution is -2.41. The molecule has 3 nitrogen and oxygen atoms in total. The first-order valence-corrected chi connectivity index (χ1v) is 6.12. The minimum Gasteiger partial charge on any atom is -0.399 e. The van der Waals surface area contributed by atoms with Crippen LogP contribution in [0, 0.1) is 5.82 Å². The summed E-state index contributed by atoms with van der Waals surface area (Å²) in [6, 6.07) is 2.86. The van der Waals surface area contributed by atoms with Crippen LogP contribution >= 0.6 is 11.6 Å². The van der Waals surface area contributed by atoms with Gasteiger partial charge in [0.05, 0.1) is 16.2 Å². The molecule has 0 aliphatic carbocycles. The van der Waals surface area contributed by atoms with Crippen molar-refractivity contribution in [2.45, 2.75) is 38.9 Å². The van der Waals surface area contributed by atoms with Gasteiger partial charge in [-0.25, -0.2) is 4.39 Å². The molecule has 1 aliphatic rings. The Kier molecular flexibility index (Phi) is 3.12. The first-order valence-electron chi connectivity index (χ1n) is 5.74. The van der Waals surface area contributed by atoms with Gasteiger partial charge >= 0.3 is 7.12 Å². The lowest BCUT2D eigenvalue weighted by molar-refractivity contribution is 0.00578. The van der Waals surface area contributed by atoms with Crippen molar-refractivity contribution in [2.75, 3.05) is 5.73 Å². The van der Waals surface area contributed by atoms with Crippen LogP contribution in [-0.2, 0) is 9.31 Å². The molecule has 0 radical (unpaired) electrons. The maximum atomic E-state index is 14.0. The van der Waals surface area contributed by atoms with Crippen LogP contribution < -0.4 is 11.2 Å². The summed E-state index contributed by atoms with van der Waals surface area (Å²) in [5.41, 5.74) is 5.23. The summed E-state index contributed by atoms with van der Waals surface area (Å²) in [4.78, 5) is 0. The summed E-state index contributed by atoms with van der Waals surface area (Å²) in [7, 11) is -0.795. The number of nitrogen functional groups attached to an aromatic ring is 1. The third-order valence-corrected chi connectivity index (χ3v) is 3.86. The molecule has 0 bridgehead atoms. The molecular weight excluding hydrogens is 255 g/mol. The van der Waals surface area contributed by atoms with Crippen LogP contribution in [0.4, 0.5) is 10.1 Å². The van der Waals surface area contributed by atoms with E-state index in [9.17, 15) is 4.39 Å². The number of nitrogens with two attached hydrogens (primary N) is 1. The molecular formula is C12H16BClFNO2. The van der Waals surface area contributed by atoms with Gasteiger partial charge in [-0.2, -0.15) is 0 Å². The molecule has 1 heterocycles. The van der Waals surface area contributed by atoms with E-state index < -0.39 is 24.1 Å². The summed E-state index contributed by atoms with van der Waals surface area (Å²) in [5.74, 6) is -0.552. The van der Waals surface area contributed by atoms with Crippen molar-refractivity contribution in [3.63, 3.8) is 0 Å². The maximum Gasteiger partial charge on any atom is 0.497 e. The Morgan fingerprint density at radius 3 is 2.17 bits per heavy atom. The van der Waals surface area contributed by atoms with Crippen LogP contribution in [-0.4, -0.2) is 18.3 Å². The maximum absolute atomic E-state index is 14.0. The molecule has 0 unspecified atom stereocenters. The molecule has 2 rings (SSSR count). The fourth-order valence-corrected chi connectivity index (χ4v) is 2.01. The van der Waals surface area contributed by atoms with E-state index >= 15 is 0 Å². The average Bonchev–Trinajstić information content (AvgIpc) is 2.42. The van der Waals surface area contributed by atoms with Crippen LogP contribution in [0.15, 0.2) is 12.1 Å². The van der Waals surface area contributed by atoms with Gasteiger partial charge in [-0.1, -0.05) is 11.6 Å².